The molecule has 20 heavy (non-hydrogen) atoms. The molecule has 0 bridgehead atoms. The number of allylic oxidation sites excluding steroid dienone is 1. The summed E-state index contributed by atoms with van der Waals surface area (Å²) in [6.07, 6.45) is 0. The lowest BCUT2D eigenvalue weighted by Gasteiger charge is -2.03. The molecular weight excluding hydrogens is 280 g/mol. The van der Waals surface area contributed by atoms with Gasteiger partial charge in [0, 0.05) is 0 Å². The minimum atomic E-state index is -0.752. The summed E-state index contributed by atoms with van der Waals surface area (Å²) in [5.41, 5.74) is 2.50. The number of hydrogen-bond acceptors (Lipinski definition) is 5. The number of hydrogen-bond donors (Lipinski definition) is 1. The third kappa shape index (κ3) is 4.35. The van der Waals surface area contributed by atoms with Crippen molar-refractivity contribution in [3.05, 3.63) is 40.8 Å². The lowest BCUT2D eigenvalue weighted by molar-refractivity contribution is -0.138. The Labute approximate surface area is 122 Å². The van der Waals surface area contributed by atoms with Gasteiger partial charge in [0.15, 0.2) is 0 Å². The maximum Gasteiger partial charge on any atom is 0.362 e. The Morgan fingerprint density at radius 1 is 1.35 bits per heavy atom. The van der Waals surface area contributed by atoms with E-state index in [-0.39, 0.29) is 23.9 Å². The predicted molar refractivity (Wildman–Crippen MR) is 77.4 cm³/mol. The maximum absolute atomic E-state index is 11.6. The van der Waals surface area contributed by atoms with Gasteiger partial charge in [-0.2, -0.15) is 5.11 Å². The summed E-state index contributed by atoms with van der Waals surface area (Å²) >= 11 is 5.50. The van der Waals surface area contributed by atoms with Crippen molar-refractivity contribution in [2.45, 2.75) is 20.8 Å². The zero-order valence-electron chi connectivity index (χ0n) is 11.7. The van der Waals surface area contributed by atoms with Crippen molar-refractivity contribution >= 4 is 23.3 Å². The number of esters is 1. The molecule has 108 valence electrons. The fourth-order valence-corrected chi connectivity index (χ4v) is 1.50. The number of aryl methyl sites for hydroxylation is 2. The Bertz CT molecular complexity index is 553. The van der Waals surface area contributed by atoms with E-state index in [4.69, 9.17) is 16.3 Å². The van der Waals surface area contributed by atoms with Gasteiger partial charge in [-0.15, -0.1) is 16.7 Å². The molecule has 0 unspecified atom stereocenters. The minimum Gasteiger partial charge on any atom is -0.508 e. The lowest BCUT2D eigenvalue weighted by Crippen LogP contribution is -2.09. The fourth-order valence-electron chi connectivity index (χ4n) is 1.37. The van der Waals surface area contributed by atoms with Gasteiger partial charge in [0.05, 0.1) is 18.2 Å². The van der Waals surface area contributed by atoms with Gasteiger partial charge < -0.3 is 9.84 Å². The highest BCUT2D eigenvalue weighted by atomic mass is 35.5. The molecular formula is C14H17ClN2O3. The smallest absolute Gasteiger partial charge is 0.362 e. The van der Waals surface area contributed by atoms with Crippen molar-refractivity contribution in [2.75, 3.05) is 12.5 Å². The average Bonchev–Trinajstić information content (AvgIpc) is 2.42. The molecule has 0 aliphatic carbocycles. The van der Waals surface area contributed by atoms with E-state index in [0.717, 1.165) is 11.1 Å². The Morgan fingerprint density at radius 3 is 2.60 bits per heavy atom. The van der Waals surface area contributed by atoms with Gasteiger partial charge in [0.2, 0.25) is 5.70 Å². The third-order valence-corrected chi connectivity index (χ3v) is 2.88. The van der Waals surface area contributed by atoms with Crippen LogP contribution < -0.4 is 0 Å². The summed E-state index contributed by atoms with van der Waals surface area (Å²) in [5.74, 6) is -1.35. The van der Waals surface area contributed by atoms with Crippen molar-refractivity contribution in [1.29, 1.82) is 0 Å². The molecule has 0 aliphatic rings. The highest BCUT2D eigenvalue weighted by Crippen LogP contribution is 2.19. The molecule has 0 radical (unpaired) electrons. The number of ether oxygens (including phenoxy) is 1. The van der Waals surface area contributed by atoms with Gasteiger partial charge in [-0.25, -0.2) is 4.79 Å². The molecule has 6 heteroatoms. The summed E-state index contributed by atoms with van der Waals surface area (Å²) < 4.78 is 4.79. The summed E-state index contributed by atoms with van der Waals surface area (Å²) in [6, 6.07) is 5.50. The number of alkyl halides is 1. The number of aliphatic hydroxyl groups excluding tert-OH is 1. The summed E-state index contributed by atoms with van der Waals surface area (Å²) in [5, 5.41) is 17.3. The first-order valence-corrected chi connectivity index (χ1v) is 6.67. The molecule has 0 saturated carbocycles. The average molecular weight is 297 g/mol. The van der Waals surface area contributed by atoms with Crippen LogP contribution in [0.5, 0.6) is 0 Å². The molecule has 0 aromatic heterocycles. The number of carbonyl (C=O) groups excluding carboxylic acids is 1. The first kappa shape index (κ1) is 16.2. The SMILES string of the molecule is CCOC(=O)C(N=Nc1ccc(C)c(C)c1)=C(O)CCl. The van der Waals surface area contributed by atoms with Crippen LogP contribution in [0.2, 0.25) is 0 Å². The standard InChI is InChI=1S/C14H17ClN2O3/c1-4-20-14(19)13(12(18)8-15)17-16-11-6-5-9(2)10(3)7-11/h5-7,18H,4,8H2,1-3H3. The van der Waals surface area contributed by atoms with E-state index in [2.05, 4.69) is 10.2 Å². The molecule has 1 aromatic carbocycles. The Morgan fingerprint density at radius 2 is 2.05 bits per heavy atom. The van der Waals surface area contributed by atoms with Crippen molar-refractivity contribution in [3.8, 4) is 0 Å². The monoisotopic (exact) mass is 296 g/mol. The zero-order valence-corrected chi connectivity index (χ0v) is 12.4. The van der Waals surface area contributed by atoms with Crippen molar-refractivity contribution in [1.82, 2.24) is 0 Å². The van der Waals surface area contributed by atoms with Crippen LogP contribution in [0.25, 0.3) is 0 Å². The lowest BCUT2D eigenvalue weighted by atomic mass is 10.1. The van der Waals surface area contributed by atoms with E-state index >= 15 is 0 Å². The van der Waals surface area contributed by atoms with E-state index in [1.165, 1.54) is 0 Å². The second-order valence-electron chi connectivity index (χ2n) is 4.12. The molecule has 5 nitrogen and oxygen atoms in total. The highest BCUT2D eigenvalue weighted by molar-refractivity contribution is 6.19. The number of benzene rings is 1. The Balaban J connectivity index is 3.03. The Kier molecular flexibility index (Phi) is 6.18. The molecule has 1 N–H and O–H groups in total. The third-order valence-electron chi connectivity index (χ3n) is 2.62. The zero-order chi connectivity index (χ0) is 15.1. The topological polar surface area (TPSA) is 71.2 Å². The van der Waals surface area contributed by atoms with E-state index in [0.29, 0.717) is 5.69 Å². The minimum absolute atomic E-state index is 0.178. The second kappa shape index (κ2) is 7.65. The largest absolute Gasteiger partial charge is 0.508 e. The van der Waals surface area contributed by atoms with Gasteiger partial charge in [-0.05, 0) is 44.0 Å². The van der Waals surface area contributed by atoms with Gasteiger partial charge in [-0.3, -0.25) is 0 Å². The van der Waals surface area contributed by atoms with Gasteiger partial charge in [0.25, 0.3) is 0 Å². The fraction of sp³-hybridized carbons (Fsp3) is 0.357. The predicted octanol–water partition coefficient (Wildman–Crippen LogP) is 3.96. The Hall–Kier alpha value is -1.88. The van der Waals surface area contributed by atoms with Crippen molar-refractivity contribution in [3.63, 3.8) is 0 Å². The van der Waals surface area contributed by atoms with Crippen molar-refractivity contribution in [2.24, 2.45) is 10.2 Å². The van der Waals surface area contributed by atoms with Crippen LogP contribution in [0.1, 0.15) is 18.1 Å². The van der Waals surface area contributed by atoms with Crippen LogP contribution in [0.4, 0.5) is 5.69 Å². The van der Waals surface area contributed by atoms with Crippen LogP contribution >= 0.6 is 11.6 Å². The first-order chi connectivity index (χ1) is 9.49. The molecule has 0 heterocycles. The molecule has 0 saturated heterocycles. The number of rotatable bonds is 5. The normalized spacial score (nSPS) is 12.4. The van der Waals surface area contributed by atoms with Crippen LogP contribution in [0.3, 0.4) is 0 Å². The molecule has 0 fully saturated rings. The first-order valence-electron chi connectivity index (χ1n) is 6.13. The molecule has 0 atom stereocenters. The van der Waals surface area contributed by atoms with Crippen LogP contribution in [-0.2, 0) is 9.53 Å². The van der Waals surface area contributed by atoms with Crippen LogP contribution in [0.15, 0.2) is 39.9 Å². The number of aliphatic hydroxyl groups is 1. The van der Waals surface area contributed by atoms with Crippen LogP contribution in [-0.4, -0.2) is 23.6 Å². The number of nitrogens with zero attached hydrogens (tertiary/aromatic N) is 2. The molecule has 0 aliphatic heterocycles. The molecule has 1 rings (SSSR count). The number of azo groups is 1. The molecule has 1 aromatic rings. The van der Waals surface area contributed by atoms with Gasteiger partial charge >= 0.3 is 5.97 Å². The van der Waals surface area contributed by atoms with E-state index in [1.54, 1.807) is 13.0 Å². The van der Waals surface area contributed by atoms with Gasteiger partial charge in [0.1, 0.15) is 5.76 Å². The number of halogens is 1. The summed E-state index contributed by atoms with van der Waals surface area (Å²) in [7, 11) is 0. The highest BCUT2D eigenvalue weighted by Gasteiger charge is 2.16. The number of carbonyl (C=O) groups is 1. The van der Waals surface area contributed by atoms with Crippen LogP contribution in [0, 0.1) is 13.8 Å². The quantitative estimate of drug-likeness (QED) is 0.294. The van der Waals surface area contributed by atoms with E-state index in [9.17, 15) is 9.90 Å². The van der Waals surface area contributed by atoms with E-state index < -0.39 is 5.97 Å². The van der Waals surface area contributed by atoms with E-state index in [1.807, 2.05) is 26.0 Å². The summed E-state index contributed by atoms with van der Waals surface area (Å²) in [4.78, 5) is 11.6. The maximum atomic E-state index is 11.6. The molecule has 0 amide bonds. The van der Waals surface area contributed by atoms with Crippen molar-refractivity contribution < 1.29 is 14.6 Å². The molecule has 0 spiro atoms. The summed E-state index contributed by atoms with van der Waals surface area (Å²) in [6.45, 7) is 5.77. The van der Waals surface area contributed by atoms with Gasteiger partial charge in [-0.1, -0.05) is 6.07 Å². The second-order valence-corrected chi connectivity index (χ2v) is 4.39.